The minimum Gasteiger partial charge on any atom is -0.394 e. The molecule has 0 amide bonds. The van der Waals surface area contributed by atoms with Crippen LogP contribution in [0.3, 0.4) is 0 Å². The minimum atomic E-state index is -0.465. The molecule has 3 unspecified atom stereocenters. The summed E-state index contributed by atoms with van der Waals surface area (Å²) in [4.78, 5) is 0. The van der Waals surface area contributed by atoms with E-state index < -0.39 is 6.10 Å². The molecule has 29 heavy (non-hydrogen) atoms. The number of nitrogens with zero attached hydrogens (tertiary/aromatic N) is 2. The largest absolute Gasteiger partial charge is 0.394 e. The standard InChI is InChI=1S/C22H31ClN2O3S/c1-2-3-4-5-6-7-21-24-25-22(29-21)11-16-10-15(8-9-19(16)23)20-13-17(27)12-18(14-26)28-20/h8-10,17-18,20,26-27H,2-7,11-14H2,1H3. The summed E-state index contributed by atoms with van der Waals surface area (Å²) in [5, 5.41) is 30.9. The normalized spacial score (nSPS) is 22.1. The highest BCUT2D eigenvalue weighted by Gasteiger charge is 2.29. The maximum Gasteiger partial charge on any atom is 0.121 e. The van der Waals surface area contributed by atoms with E-state index >= 15 is 0 Å². The Hall–Kier alpha value is -1.05. The lowest BCUT2D eigenvalue weighted by molar-refractivity contribution is -0.113. The molecule has 1 aromatic heterocycles. The first-order chi connectivity index (χ1) is 14.1. The summed E-state index contributed by atoms with van der Waals surface area (Å²) in [6, 6.07) is 5.84. The molecule has 2 N–H and O–H groups in total. The van der Waals surface area contributed by atoms with Gasteiger partial charge in [-0.05, 0) is 23.6 Å². The van der Waals surface area contributed by atoms with E-state index in [1.54, 1.807) is 11.3 Å². The molecule has 7 heteroatoms. The van der Waals surface area contributed by atoms with E-state index in [0.29, 0.717) is 24.3 Å². The molecule has 0 aliphatic carbocycles. The Morgan fingerprint density at radius 3 is 2.72 bits per heavy atom. The molecule has 1 saturated heterocycles. The fourth-order valence-corrected chi connectivity index (χ4v) is 4.85. The number of ether oxygens (including phenoxy) is 1. The van der Waals surface area contributed by atoms with E-state index in [-0.39, 0.29) is 18.8 Å². The lowest BCUT2D eigenvalue weighted by Gasteiger charge is -2.32. The fraction of sp³-hybridized carbons (Fsp3) is 0.636. The molecular formula is C22H31ClN2O3S. The van der Waals surface area contributed by atoms with Gasteiger partial charge in [0.25, 0.3) is 0 Å². The second-order valence-electron chi connectivity index (χ2n) is 7.84. The highest BCUT2D eigenvalue weighted by Crippen LogP contribution is 2.34. The van der Waals surface area contributed by atoms with E-state index in [1.807, 2.05) is 18.2 Å². The second-order valence-corrected chi connectivity index (χ2v) is 9.39. The number of aromatic nitrogens is 2. The van der Waals surface area contributed by atoms with Gasteiger partial charge < -0.3 is 14.9 Å². The molecule has 160 valence electrons. The first kappa shape index (κ1) is 22.6. The summed E-state index contributed by atoms with van der Waals surface area (Å²) >= 11 is 8.10. The summed E-state index contributed by atoms with van der Waals surface area (Å²) in [6.45, 7) is 2.14. The molecule has 0 spiro atoms. The van der Waals surface area contributed by atoms with Gasteiger partial charge in [-0.15, -0.1) is 21.5 Å². The zero-order chi connectivity index (χ0) is 20.6. The van der Waals surface area contributed by atoms with E-state index in [2.05, 4.69) is 17.1 Å². The van der Waals surface area contributed by atoms with Crippen LogP contribution in [0.25, 0.3) is 0 Å². The Morgan fingerprint density at radius 1 is 1.14 bits per heavy atom. The third-order valence-electron chi connectivity index (χ3n) is 5.37. The average molecular weight is 439 g/mol. The maximum absolute atomic E-state index is 10.1. The van der Waals surface area contributed by atoms with E-state index in [1.165, 1.54) is 25.7 Å². The number of aliphatic hydroxyl groups is 2. The van der Waals surface area contributed by atoms with Gasteiger partial charge in [0.2, 0.25) is 0 Å². The molecule has 1 aromatic carbocycles. The van der Waals surface area contributed by atoms with E-state index in [4.69, 9.17) is 16.3 Å². The number of rotatable bonds is 10. The van der Waals surface area contributed by atoms with Gasteiger partial charge in [-0.1, -0.05) is 56.3 Å². The SMILES string of the molecule is CCCCCCCc1nnc(Cc2cc(C3CC(O)CC(CO)O3)ccc2Cl)s1. The lowest BCUT2D eigenvalue weighted by Crippen LogP contribution is -2.33. The molecule has 2 aromatic rings. The summed E-state index contributed by atoms with van der Waals surface area (Å²) in [5.74, 6) is 0. The quantitative estimate of drug-likeness (QED) is 0.517. The predicted octanol–water partition coefficient (Wildman–Crippen LogP) is 4.87. The smallest absolute Gasteiger partial charge is 0.121 e. The van der Waals surface area contributed by atoms with Crippen LogP contribution < -0.4 is 0 Å². The van der Waals surface area contributed by atoms with Crippen LogP contribution in [0.1, 0.15) is 79.1 Å². The predicted molar refractivity (Wildman–Crippen MR) is 117 cm³/mol. The van der Waals surface area contributed by atoms with E-state index in [0.717, 1.165) is 34.0 Å². The number of hydrogen-bond donors (Lipinski definition) is 2. The average Bonchev–Trinajstić information content (AvgIpc) is 3.16. The van der Waals surface area contributed by atoms with Crippen LogP contribution in [-0.4, -0.2) is 39.2 Å². The maximum atomic E-state index is 10.1. The Bertz CT molecular complexity index is 770. The number of benzene rings is 1. The van der Waals surface area contributed by atoms with Crippen LogP contribution in [0.15, 0.2) is 18.2 Å². The van der Waals surface area contributed by atoms with Crippen molar-refractivity contribution in [3.05, 3.63) is 44.4 Å². The monoisotopic (exact) mass is 438 g/mol. The minimum absolute atomic E-state index is 0.0833. The molecule has 1 fully saturated rings. The number of halogens is 1. The molecule has 3 atom stereocenters. The summed E-state index contributed by atoms with van der Waals surface area (Å²) in [6.07, 6.45) is 7.86. The third kappa shape index (κ3) is 6.72. The molecular weight excluding hydrogens is 408 g/mol. The van der Waals surface area contributed by atoms with Gasteiger partial charge >= 0.3 is 0 Å². The van der Waals surface area contributed by atoms with Crippen LogP contribution in [0.5, 0.6) is 0 Å². The number of hydrogen-bond acceptors (Lipinski definition) is 6. The van der Waals surface area contributed by atoms with Crippen LogP contribution in [0.4, 0.5) is 0 Å². The zero-order valence-corrected chi connectivity index (χ0v) is 18.6. The summed E-state index contributed by atoms with van der Waals surface area (Å²) < 4.78 is 5.93. The van der Waals surface area contributed by atoms with Crippen LogP contribution in [-0.2, 0) is 17.6 Å². The van der Waals surface area contributed by atoms with Crippen molar-refractivity contribution in [2.45, 2.75) is 83.0 Å². The van der Waals surface area contributed by atoms with Crippen LogP contribution in [0, 0.1) is 0 Å². The van der Waals surface area contributed by atoms with Crippen molar-refractivity contribution in [1.29, 1.82) is 0 Å². The molecule has 5 nitrogen and oxygen atoms in total. The molecule has 2 heterocycles. The molecule has 0 saturated carbocycles. The highest BCUT2D eigenvalue weighted by atomic mass is 35.5. The van der Waals surface area contributed by atoms with Crippen molar-refractivity contribution in [3.63, 3.8) is 0 Å². The molecule has 1 aliphatic heterocycles. The van der Waals surface area contributed by atoms with Gasteiger partial charge in [0.05, 0.1) is 24.9 Å². The first-order valence-electron chi connectivity index (χ1n) is 10.6. The zero-order valence-electron chi connectivity index (χ0n) is 17.0. The van der Waals surface area contributed by atoms with Gasteiger partial charge in [-0.25, -0.2) is 0 Å². The van der Waals surface area contributed by atoms with Crippen molar-refractivity contribution in [2.75, 3.05) is 6.61 Å². The van der Waals surface area contributed by atoms with Crippen LogP contribution in [0.2, 0.25) is 5.02 Å². The first-order valence-corrected chi connectivity index (χ1v) is 11.8. The second kappa shape index (κ2) is 11.4. The number of aliphatic hydroxyl groups excluding tert-OH is 2. The van der Waals surface area contributed by atoms with Crippen molar-refractivity contribution in [1.82, 2.24) is 10.2 Å². The van der Waals surface area contributed by atoms with Gasteiger partial charge in [0, 0.05) is 30.7 Å². The number of aryl methyl sites for hydroxylation is 1. The van der Waals surface area contributed by atoms with E-state index in [9.17, 15) is 10.2 Å². The van der Waals surface area contributed by atoms with Gasteiger partial charge in [-0.2, -0.15) is 0 Å². The lowest BCUT2D eigenvalue weighted by atomic mass is 9.95. The highest BCUT2D eigenvalue weighted by molar-refractivity contribution is 7.11. The van der Waals surface area contributed by atoms with Gasteiger partial charge in [0.1, 0.15) is 10.0 Å². The number of unbranched alkanes of at least 4 members (excludes halogenated alkanes) is 4. The Kier molecular flexibility index (Phi) is 8.87. The van der Waals surface area contributed by atoms with Gasteiger partial charge in [0.15, 0.2) is 0 Å². The van der Waals surface area contributed by atoms with Crippen molar-refractivity contribution < 1.29 is 14.9 Å². The van der Waals surface area contributed by atoms with Crippen LogP contribution >= 0.6 is 22.9 Å². The Labute approximate surface area is 182 Å². The Balaban J connectivity index is 1.62. The van der Waals surface area contributed by atoms with Crippen molar-refractivity contribution >= 4 is 22.9 Å². The van der Waals surface area contributed by atoms with Crippen molar-refractivity contribution in [3.8, 4) is 0 Å². The van der Waals surface area contributed by atoms with Crippen molar-refractivity contribution in [2.24, 2.45) is 0 Å². The molecule has 3 rings (SSSR count). The topological polar surface area (TPSA) is 75.5 Å². The van der Waals surface area contributed by atoms with Gasteiger partial charge in [-0.3, -0.25) is 0 Å². The molecule has 1 aliphatic rings. The summed E-state index contributed by atoms with van der Waals surface area (Å²) in [7, 11) is 0. The fourth-order valence-electron chi connectivity index (χ4n) is 3.76. The molecule has 0 radical (unpaired) electrons. The third-order valence-corrected chi connectivity index (χ3v) is 6.72. The summed E-state index contributed by atoms with van der Waals surface area (Å²) in [5.41, 5.74) is 1.96. The Morgan fingerprint density at radius 2 is 1.93 bits per heavy atom. The molecule has 0 bridgehead atoms.